The van der Waals surface area contributed by atoms with Gasteiger partial charge >= 0.3 is 0 Å². The molecule has 0 saturated carbocycles. The van der Waals surface area contributed by atoms with Gasteiger partial charge in [0.25, 0.3) is 0 Å². The molecule has 10 aliphatic heterocycles. The third kappa shape index (κ3) is 28.1. The van der Waals surface area contributed by atoms with Crippen molar-refractivity contribution in [2.75, 3.05) is 84.5 Å². The predicted octanol–water partition coefficient (Wildman–Crippen LogP) is -23.0. The number of aliphatic hydroxyl groups excluding tert-OH is 29. The number of nitrogens with one attached hydrogen (secondary N) is 7. The van der Waals surface area contributed by atoms with Crippen molar-refractivity contribution in [2.45, 2.75) is 373 Å². The van der Waals surface area contributed by atoms with Gasteiger partial charge in [-0.2, -0.15) is 0 Å². The number of carbonyl (C=O) groups is 6. The van der Waals surface area contributed by atoms with Gasteiger partial charge in [-0.3, -0.25) is 28.8 Å². The van der Waals surface area contributed by atoms with Crippen molar-refractivity contribution in [3.05, 3.63) is 24.4 Å². The fraction of sp³-hybridized carbons (Fsp3) is 0.867. The Morgan fingerprint density at radius 3 is 1.01 bits per heavy atom. The Bertz CT molecular complexity index is 4210. The molecule has 0 unspecified atom stereocenters. The zero-order chi connectivity index (χ0) is 107. The van der Waals surface area contributed by atoms with E-state index in [-0.39, 0.29) is 5.82 Å². The number of rotatable bonds is 43. The van der Waals surface area contributed by atoms with Crippen LogP contribution in [0.1, 0.15) is 41.5 Å². The maximum absolute atomic E-state index is 13.5. The summed E-state index contributed by atoms with van der Waals surface area (Å²) in [5.74, 6) is -5.51. The Kier molecular flexibility index (Phi) is 44.5. The van der Waals surface area contributed by atoms with Gasteiger partial charge in [0.05, 0.1) is 78.7 Å². The molecule has 10 saturated heterocycles. The van der Waals surface area contributed by atoms with Crippen LogP contribution < -0.4 is 37.2 Å². The van der Waals surface area contributed by atoms with E-state index in [1.165, 1.54) is 12.3 Å². The molecule has 10 fully saturated rings. The number of hydrogen-bond donors (Lipinski definition) is 36. The molecule has 838 valence electrons. The van der Waals surface area contributed by atoms with Crippen LogP contribution in [0, 0.1) is 0 Å². The summed E-state index contributed by atoms with van der Waals surface area (Å²) < 4.78 is 122. The van der Waals surface area contributed by atoms with Gasteiger partial charge in [-0.15, -0.1) is 0 Å². The van der Waals surface area contributed by atoms with Crippen LogP contribution >= 0.6 is 0 Å². The summed E-state index contributed by atoms with van der Waals surface area (Å²) in [5, 5.41) is 349. The monoisotopic (exact) mass is 2120 g/mol. The van der Waals surface area contributed by atoms with Gasteiger partial charge in [0.2, 0.25) is 35.4 Å². The molecular formula is C83H136N8O55. The third-order valence-electron chi connectivity index (χ3n) is 26.0. The molecule has 1 aromatic heterocycles. The fourth-order valence-electron chi connectivity index (χ4n) is 18.4. The fourth-order valence-corrected chi connectivity index (χ4v) is 18.4. The Labute approximate surface area is 828 Å². The molecule has 0 aliphatic carbocycles. The highest BCUT2D eigenvalue weighted by molar-refractivity contribution is 5.75. The summed E-state index contributed by atoms with van der Waals surface area (Å²) in [7, 11) is 0. The molecule has 0 bridgehead atoms. The first-order valence-corrected chi connectivity index (χ1v) is 46.6. The number of pyridine rings is 1. The zero-order valence-electron chi connectivity index (χ0n) is 79.0. The van der Waals surface area contributed by atoms with E-state index in [1.54, 1.807) is 12.1 Å². The number of aromatic nitrogens is 1. The second-order valence-electron chi connectivity index (χ2n) is 36.5. The average molecular weight is 2130 g/mol. The molecule has 11 rings (SSSR count). The van der Waals surface area contributed by atoms with E-state index < -0.39 is 446 Å². The Hall–Kier alpha value is -6.19. The largest absolute Gasteiger partial charge is 0.394 e. The van der Waals surface area contributed by atoms with Crippen molar-refractivity contribution in [3.8, 4) is 0 Å². The molecule has 0 spiro atoms. The maximum atomic E-state index is 13.5. The molecule has 0 radical (unpaired) electrons. The van der Waals surface area contributed by atoms with E-state index >= 15 is 0 Å². The number of nitrogens with zero attached hydrogens (tertiary/aromatic N) is 1. The quantitative estimate of drug-likeness (QED) is 0.0289. The second kappa shape index (κ2) is 54.1. The van der Waals surface area contributed by atoms with Crippen LogP contribution in [0.15, 0.2) is 24.4 Å². The van der Waals surface area contributed by atoms with E-state index in [2.05, 4.69) is 42.2 Å². The van der Waals surface area contributed by atoms with Gasteiger partial charge in [-0.1, -0.05) is 6.07 Å². The van der Waals surface area contributed by atoms with Crippen molar-refractivity contribution in [3.63, 3.8) is 0 Å². The van der Waals surface area contributed by atoms with E-state index in [4.69, 9.17) is 94.7 Å². The smallest absolute Gasteiger partial charge is 0.217 e. The van der Waals surface area contributed by atoms with Gasteiger partial charge in [-0.05, 0) is 12.1 Å². The minimum Gasteiger partial charge on any atom is -0.394 e. The number of anilines is 1. The second-order valence-corrected chi connectivity index (χ2v) is 36.5. The lowest BCUT2D eigenvalue weighted by Gasteiger charge is -2.52. The normalized spacial score (nSPS) is 44.2. The first-order chi connectivity index (χ1) is 69.2. The van der Waals surface area contributed by atoms with E-state index in [9.17, 15) is 177 Å². The molecule has 6 amide bonds. The van der Waals surface area contributed by atoms with Crippen LogP contribution in [-0.4, -0.2) is 599 Å². The SMILES string of the molecule is CC(=O)N[C@H]1[C@H](O[C@@H]([C@H](O)[C@H](CNc2ccccn2)NC(C)=O)[C@H](O)CO)O[C@H](CO)[C@@H](O[C@@H]2O[C@H](CO[C@H]3O[C@H](CO[C@@H]4O[C@H](CO)[C@@H](O)[C@H](O)[C@H]4NC(C)=O)[C@@H](O)[C@H](O)[C@@H]3O[C@@H]3O[C@H](CO)[C@@H](O)[C@H](O)[C@H]3NC(C)=O)[C@@H](O)[C@H](O[C@H]3O[C@H](CO)[C@@H](O[C@@H]4O[C@H](CO)[C@@H](O[C@@H]5O[C@H](CO)[C@H](O)[C@H](O)[C@H]5O)[C@H](O)[C@H]4NC(C)=O)[C@H](O)[C@@H]3O[C@@H]3O[C@H](CO)[C@@H](O[C@@H]4O[C@H](CO)[C@H](O)[C@H](O)[C@H]4O)[C@H](O)[C@H]3NC(C)=O)[C@@H]2O)[C@@H]1O. The minimum absolute atomic E-state index is 0.197. The molecule has 11 heterocycles. The van der Waals surface area contributed by atoms with Crippen molar-refractivity contribution in [1.82, 2.24) is 36.9 Å². The van der Waals surface area contributed by atoms with Crippen molar-refractivity contribution >= 4 is 41.3 Å². The lowest BCUT2D eigenvalue weighted by Crippen LogP contribution is -2.71. The number of hydrogen-bond acceptors (Lipinski definition) is 57. The zero-order valence-corrected chi connectivity index (χ0v) is 79.0. The van der Waals surface area contributed by atoms with E-state index in [0.29, 0.717) is 0 Å². The first kappa shape index (κ1) is 120. The van der Waals surface area contributed by atoms with Crippen molar-refractivity contribution in [2.24, 2.45) is 0 Å². The summed E-state index contributed by atoms with van der Waals surface area (Å²) in [6.45, 7) is -7.90. The van der Waals surface area contributed by atoms with Crippen LogP contribution in [0.5, 0.6) is 0 Å². The molecular weight excluding hydrogens is 1990 g/mol. The predicted molar refractivity (Wildman–Crippen MR) is 460 cm³/mol. The van der Waals surface area contributed by atoms with Gasteiger partial charge in [0.15, 0.2) is 62.9 Å². The molecule has 63 heteroatoms. The third-order valence-corrected chi connectivity index (χ3v) is 26.0. The number of aliphatic hydroxyl groups is 29. The highest BCUT2D eigenvalue weighted by Crippen LogP contribution is 2.42. The van der Waals surface area contributed by atoms with E-state index in [0.717, 1.165) is 41.5 Å². The van der Waals surface area contributed by atoms with Crippen LogP contribution in [0.4, 0.5) is 5.82 Å². The molecule has 0 aromatic carbocycles. The summed E-state index contributed by atoms with van der Waals surface area (Å²) in [4.78, 5) is 82.6. The average Bonchev–Trinajstić information content (AvgIpc) is 0.754. The van der Waals surface area contributed by atoms with Crippen LogP contribution in [0.3, 0.4) is 0 Å². The van der Waals surface area contributed by atoms with Gasteiger partial charge in [0, 0.05) is 54.3 Å². The van der Waals surface area contributed by atoms with Crippen molar-refractivity contribution < 1.29 is 272 Å². The highest BCUT2D eigenvalue weighted by atomic mass is 16.8. The first-order valence-electron chi connectivity index (χ1n) is 46.6. The highest BCUT2D eigenvalue weighted by Gasteiger charge is 2.63. The summed E-state index contributed by atoms with van der Waals surface area (Å²) in [6, 6.07) is -6.79. The summed E-state index contributed by atoms with van der Waals surface area (Å²) >= 11 is 0. The van der Waals surface area contributed by atoms with Crippen LogP contribution in [0.25, 0.3) is 0 Å². The van der Waals surface area contributed by atoms with Crippen LogP contribution in [-0.2, 0) is 124 Å². The van der Waals surface area contributed by atoms with Crippen LogP contribution in [0.2, 0.25) is 0 Å². The van der Waals surface area contributed by atoms with Crippen molar-refractivity contribution in [1.29, 1.82) is 0 Å². The Balaban J connectivity index is 1.02. The van der Waals surface area contributed by atoms with Gasteiger partial charge < -0.3 is 280 Å². The molecule has 146 heavy (non-hydrogen) atoms. The number of amides is 6. The number of ether oxygens (including phenoxy) is 20. The van der Waals surface area contributed by atoms with Gasteiger partial charge in [-0.25, -0.2) is 4.98 Å². The molecule has 63 nitrogen and oxygen atoms in total. The molecule has 54 atom stereocenters. The molecule has 1 aromatic rings. The Morgan fingerprint density at radius 2 is 0.610 bits per heavy atom. The standard InChI is InChI=1S/C83H136N8O55/c1-23(101)86-29(11-85-41-9-7-8-10-84-41)47(108)66(30(107)12-92)139-76-44(89-26(4)104)56(117)69(37(19-99)133-76)143-81-65(126)71(53(114)40(137-81)22-128-82-72(145-75-43(88-25(3)103)55(116)49(110)32(14-94)130-75)61(122)52(113)39(138-82)21-127-74-42(87-24(2)102)54(115)48(109)31(13-93)129-74)144-83-73(146-78-46(91-28(6)106)58(119)68(36(18-98)135-78)142-80-63(124)60(121)51(112)34(16-96)132-80)64(125)70(38(20-100)136-83)140-77-45(90-27(5)105)57(118)67(35(17-97)134-77)141-79-62(123)59(120)50(111)33(15-95)131-79/h7-10,29-40,42-83,92-100,107-126H,11-22H2,1-6H3,(H,84,85)(H,86,101)(H,87,102)(H,88,103)(H,89,104)(H,90,105)(H,91,106)/t29-,30+,31+,32+,33+,34+,35+,36+,37+,38+,39+,40+,42+,43+,44+,45+,46+,47+,48+,49+,50-,51-,52+,53+,54+,55+,56+,57+,58+,59-,60-,61-,62+,63+,64-,65-,66+,67+,68+,69+,70+,71-,72-,73-,74+,75-,76-,77-,78-,79-,80-,81-,82-,83+/m0/s1. The summed E-state index contributed by atoms with van der Waals surface area (Å²) in [5.41, 5.74) is 0. The van der Waals surface area contributed by atoms with Gasteiger partial charge in [0.1, 0.15) is 268 Å². The topological polar surface area (TPSA) is 971 Å². The lowest BCUT2D eigenvalue weighted by molar-refractivity contribution is -0.406. The summed E-state index contributed by atoms with van der Waals surface area (Å²) in [6.07, 6.45) is -105. The maximum Gasteiger partial charge on any atom is 0.217 e. The van der Waals surface area contributed by atoms with E-state index in [1.807, 2.05) is 0 Å². The lowest BCUT2D eigenvalue weighted by atomic mass is 9.93. The molecule has 10 aliphatic rings. The molecule has 36 N–H and O–H groups in total. The number of carbonyl (C=O) groups excluding carboxylic acids is 6. The minimum atomic E-state index is -2.80. The Morgan fingerprint density at radius 1 is 0.301 bits per heavy atom.